The molecule has 0 aliphatic heterocycles. The van der Waals surface area contributed by atoms with Crippen LogP contribution in [0, 0.1) is 0 Å². The van der Waals surface area contributed by atoms with Crippen molar-refractivity contribution < 1.29 is 15.0 Å². The van der Waals surface area contributed by atoms with Gasteiger partial charge in [0, 0.05) is 17.3 Å². The van der Waals surface area contributed by atoms with Gasteiger partial charge in [0.2, 0.25) is 0 Å². The molecule has 0 bridgehead atoms. The van der Waals surface area contributed by atoms with Gasteiger partial charge in [-0.1, -0.05) is 30.3 Å². The summed E-state index contributed by atoms with van der Waals surface area (Å²) >= 11 is 0. The Balaban J connectivity index is 2.18. The highest BCUT2D eigenvalue weighted by atomic mass is 16.4. The van der Waals surface area contributed by atoms with Gasteiger partial charge in [0.25, 0.3) is 0 Å². The first-order valence-corrected chi connectivity index (χ1v) is 7.96. The third-order valence-electron chi connectivity index (χ3n) is 3.89. The van der Waals surface area contributed by atoms with Crippen LogP contribution < -0.4 is 0 Å². The normalized spacial score (nSPS) is 12.7. The number of pyridine rings is 1. The molecule has 5 heteroatoms. The Morgan fingerprint density at radius 2 is 1.83 bits per heavy atom. The second kappa shape index (κ2) is 7.45. The molecular formula is C19H24N2O3. The van der Waals surface area contributed by atoms with E-state index in [9.17, 15) is 15.0 Å². The third kappa shape index (κ3) is 4.32. The molecule has 128 valence electrons. The number of amides is 1. The van der Waals surface area contributed by atoms with Crippen LogP contribution in [-0.2, 0) is 6.42 Å². The van der Waals surface area contributed by atoms with Crippen LogP contribution in [0.1, 0.15) is 26.3 Å². The van der Waals surface area contributed by atoms with E-state index in [1.165, 1.54) is 4.90 Å². The molecule has 0 unspecified atom stereocenters. The van der Waals surface area contributed by atoms with Gasteiger partial charge in [-0.25, -0.2) is 4.79 Å². The SMILES string of the molecule is CC(C)(C)N(C(=O)O)[C@H](CO)Cc1ccc(-c2ccccn2)cc1. The fraction of sp³-hybridized carbons (Fsp3) is 0.368. The van der Waals surface area contributed by atoms with E-state index in [0.717, 1.165) is 16.8 Å². The summed E-state index contributed by atoms with van der Waals surface area (Å²) in [6.07, 6.45) is 1.19. The quantitative estimate of drug-likeness (QED) is 0.882. The monoisotopic (exact) mass is 328 g/mol. The summed E-state index contributed by atoms with van der Waals surface area (Å²) < 4.78 is 0. The van der Waals surface area contributed by atoms with Gasteiger partial charge >= 0.3 is 6.09 Å². The molecule has 0 saturated carbocycles. The van der Waals surface area contributed by atoms with Crippen molar-refractivity contribution in [1.82, 2.24) is 9.88 Å². The van der Waals surface area contributed by atoms with Crippen LogP contribution in [0.15, 0.2) is 48.7 Å². The molecule has 1 aromatic heterocycles. The summed E-state index contributed by atoms with van der Waals surface area (Å²) in [4.78, 5) is 17.2. The highest BCUT2D eigenvalue weighted by molar-refractivity contribution is 5.66. The van der Waals surface area contributed by atoms with E-state index in [-0.39, 0.29) is 6.61 Å². The first kappa shape index (κ1) is 17.9. The van der Waals surface area contributed by atoms with Crippen molar-refractivity contribution in [2.45, 2.75) is 38.8 Å². The summed E-state index contributed by atoms with van der Waals surface area (Å²) in [6, 6.07) is 13.1. The lowest BCUT2D eigenvalue weighted by Crippen LogP contribution is -2.53. The number of benzene rings is 1. The van der Waals surface area contributed by atoms with Gasteiger partial charge in [0.1, 0.15) is 0 Å². The van der Waals surface area contributed by atoms with Crippen LogP contribution in [0.5, 0.6) is 0 Å². The lowest BCUT2D eigenvalue weighted by molar-refractivity contribution is 0.0465. The van der Waals surface area contributed by atoms with Gasteiger partial charge < -0.3 is 10.2 Å². The Labute approximate surface area is 142 Å². The average Bonchev–Trinajstić information content (AvgIpc) is 2.54. The summed E-state index contributed by atoms with van der Waals surface area (Å²) in [6.45, 7) is 5.27. The highest BCUT2D eigenvalue weighted by Crippen LogP contribution is 2.22. The minimum atomic E-state index is -1.02. The lowest BCUT2D eigenvalue weighted by Gasteiger charge is -2.39. The first-order chi connectivity index (χ1) is 11.3. The minimum absolute atomic E-state index is 0.217. The van der Waals surface area contributed by atoms with Gasteiger partial charge in [-0.2, -0.15) is 0 Å². The molecule has 2 N–H and O–H groups in total. The number of rotatable bonds is 5. The molecule has 1 heterocycles. The smallest absolute Gasteiger partial charge is 0.408 e. The van der Waals surface area contributed by atoms with E-state index in [1.807, 2.05) is 63.2 Å². The van der Waals surface area contributed by atoms with E-state index < -0.39 is 17.7 Å². The fourth-order valence-electron chi connectivity index (χ4n) is 2.85. The van der Waals surface area contributed by atoms with Crippen molar-refractivity contribution >= 4 is 6.09 Å². The number of aliphatic hydroxyl groups excluding tert-OH is 1. The van der Waals surface area contributed by atoms with Gasteiger partial charge in [-0.3, -0.25) is 9.88 Å². The highest BCUT2D eigenvalue weighted by Gasteiger charge is 2.32. The van der Waals surface area contributed by atoms with Crippen LogP contribution in [0.3, 0.4) is 0 Å². The van der Waals surface area contributed by atoms with Gasteiger partial charge in [-0.15, -0.1) is 0 Å². The molecule has 0 spiro atoms. The summed E-state index contributed by atoms with van der Waals surface area (Å²) in [7, 11) is 0. The molecule has 2 rings (SSSR count). The van der Waals surface area contributed by atoms with E-state index in [2.05, 4.69) is 4.98 Å². The zero-order chi connectivity index (χ0) is 17.7. The van der Waals surface area contributed by atoms with Crippen molar-refractivity contribution in [3.63, 3.8) is 0 Å². The maximum absolute atomic E-state index is 11.6. The van der Waals surface area contributed by atoms with Crippen LogP contribution in [0.4, 0.5) is 4.79 Å². The second-order valence-electron chi connectivity index (χ2n) is 6.78. The minimum Gasteiger partial charge on any atom is -0.465 e. The molecule has 2 aromatic rings. The molecule has 0 radical (unpaired) electrons. The van der Waals surface area contributed by atoms with E-state index in [4.69, 9.17) is 0 Å². The van der Waals surface area contributed by atoms with Crippen LogP contribution in [0.25, 0.3) is 11.3 Å². The van der Waals surface area contributed by atoms with Gasteiger partial charge in [-0.05, 0) is 44.9 Å². The zero-order valence-corrected chi connectivity index (χ0v) is 14.3. The predicted molar refractivity (Wildman–Crippen MR) is 93.9 cm³/mol. The standard InChI is InChI=1S/C19H24N2O3/c1-19(2,3)21(18(23)24)16(13-22)12-14-7-9-15(10-8-14)17-6-4-5-11-20-17/h4-11,16,22H,12-13H2,1-3H3,(H,23,24)/t16-/m0/s1. The van der Waals surface area contributed by atoms with Crippen LogP contribution in [0.2, 0.25) is 0 Å². The topological polar surface area (TPSA) is 73.7 Å². The number of aromatic nitrogens is 1. The number of aliphatic hydroxyl groups is 1. The molecule has 0 aliphatic rings. The van der Waals surface area contributed by atoms with Crippen molar-refractivity contribution in [2.75, 3.05) is 6.61 Å². The molecule has 1 atom stereocenters. The number of carbonyl (C=O) groups is 1. The summed E-state index contributed by atoms with van der Waals surface area (Å²) in [5.41, 5.74) is 2.30. The molecule has 0 saturated heterocycles. The summed E-state index contributed by atoms with van der Waals surface area (Å²) in [5, 5.41) is 19.2. The Hall–Kier alpha value is -2.40. The molecule has 5 nitrogen and oxygen atoms in total. The number of carboxylic acid groups (broad SMARTS) is 1. The summed E-state index contributed by atoms with van der Waals surface area (Å²) in [5.74, 6) is 0. The molecule has 1 amide bonds. The number of nitrogens with zero attached hydrogens (tertiary/aromatic N) is 2. The zero-order valence-electron chi connectivity index (χ0n) is 14.3. The van der Waals surface area contributed by atoms with Crippen LogP contribution >= 0.6 is 0 Å². The van der Waals surface area contributed by atoms with Crippen LogP contribution in [-0.4, -0.2) is 44.4 Å². The Bertz CT molecular complexity index is 663. The fourth-order valence-corrected chi connectivity index (χ4v) is 2.85. The Morgan fingerprint density at radius 3 is 2.29 bits per heavy atom. The molecule has 0 fully saturated rings. The molecule has 0 aliphatic carbocycles. The Kier molecular flexibility index (Phi) is 5.57. The lowest BCUT2D eigenvalue weighted by atomic mass is 9.98. The maximum atomic E-state index is 11.6. The van der Waals surface area contributed by atoms with E-state index in [0.29, 0.717) is 6.42 Å². The predicted octanol–water partition coefficient (Wildman–Crippen LogP) is 3.43. The average molecular weight is 328 g/mol. The first-order valence-electron chi connectivity index (χ1n) is 7.96. The van der Waals surface area contributed by atoms with E-state index in [1.54, 1.807) is 6.20 Å². The number of hydrogen-bond donors (Lipinski definition) is 2. The molecule has 24 heavy (non-hydrogen) atoms. The largest absolute Gasteiger partial charge is 0.465 e. The maximum Gasteiger partial charge on any atom is 0.408 e. The molecular weight excluding hydrogens is 304 g/mol. The Morgan fingerprint density at radius 1 is 1.17 bits per heavy atom. The third-order valence-corrected chi connectivity index (χ3v) is 3.89. The second-order valence-corrected chi connectivity index (χ2v) is 6.78. The number of hydrogen-bond acceptors (Lipinski definition) is 3. The van der Waals surface area contributed by atoms with Gasteiger partial charge in [0.05, 0.1) is 18.3 Å². The van der Waals surface area contributed by atoms with Crippen molar-refractivity contribution in [3.8, 4) is 11.3 Å². The molecule has 1 aromatic carbocycles. The van der Waals surface area contributed by atoms with E-state index >= 15 is 0 Å². The van der Waals surface area contributed by atoms with Crippen molar-refractivity contribution in [2.24, 2.45) is 0 Å². The van der Waals surface area contributed by atoms with Crippen molar-refractivity contribution in [3.05, 3.63) is 54.2 Å². The van der Waals surface area contributed by atoms with Crippen molar-refractivity contribution in [1.29, 1.82) is 0 Å². The van der Waals surface area contributed by atoms with Gasteiger partial charge in [0.15, 0.2) is 0 Å².